The Kier molecular flexibility index (Phi) is 4.36. The fraction of sp³-hybridized carbons (Fsp3) is 0.524. The molecule has 2 aromatic rings. The van der Waals surface area contributed by atoms with E-state index < -0.39 is 0 Å². The van der Waals surface area contributed by atoms with Crippen molar-refractivity contribution < 1.29 is 14.2 Å². The second-order valence-electron chi connectivity index (χ2n) is 7.68. The van der Waals surface area contributed by atoms with E-state index >= 15 is 0 Å². The standard InChI is InChI=1S/C21H24N2O4/c24-21-22-20(27-13-17-2-1-9-25-17)11-19-18-6-5-16(26-12-14-3-4-14)10-15(18)7-8-23(19)21/h5-6,10-11,14,17H,1-4,7-9,12-13H2. The molecule has 1 atom stereocenters. The Labute approximate surface area is 158 Å². The average molecular weight is 368 g/mol. The Hall–Kier alpha value is -2.34. The lowest BCUT2D eigenvalue weighted by Gasteiger charge is -2.22. The summed E-state index contributed by atoms with van der Waals surface area (Å²) in [5.41, 5.74) is 2.88. The van der Waals surface area contributed by atoms with Crippen molar-refractivity contribution in [3.05, 3.63) is 40.3 Å². The van der Waals surface area contributed by atoms with Crippen LogP contribution in [0.2, 0.25) is 0 Å². The number of benzene rings is 1. The minimum atomic E-state index is -0.255. The maximum atomic E-state index is 12.5. The molecule has 1 aliphatic carbocycles. The van der Waals surface area contributed by atoms with E-state index in [-0.39, 0.29) is 11.8 Å². The fourth-order valence-electron chi connectivity index (χ4n) is 3.80. The summed E-state index contributed by atoms with van der Waals surface area (Å²) in [6.45, 7) is 2.66. The SMILES string of the molecule is O=c1nc(OCC2CCCO2)cc2n1CCc1cc(OCC3CC3)ccc1-2. The first-order valence-electron chi connectivity index (χ1n) is 9.88. The molecular weight excluding hydrogens is 344 g/mol. The molecule has 1 aromatic carbocycles. The van der Waals surface area contributed by atoms with E-state index in [4.69, 9.17) is 14.2 Å². The van der Waals surface area contributed by atoms with Crippen LogP contribution in [0, 0.1) is 5.92 Å². The van der Waals surface area contributed by atoms with Crippen LogP contribution < -0.4 is 15.2 Å². The van der Waals surface area contributed by atoms with Gasteiger partial charge in [-0.3, -0.25) is 4.57 Å². The van der Waals surface area contributed by atoms with Gasteiger partial charge < -0.3 is 14.2 Å². The van der Waals surface area contributed by atoms with E-state index in [1.807, 2.05) is 18.2 Å². The molecule has 142 valence electrons. The number of nitrogens with zero attached hydrogens (tertiary/aromatic N) is 2. The molecule has 0 amide bonds. The molecule has 1 saturated carbocycles. The second kappa shape index (κ2) is 7.00. The van der Waals surface area contributed by atoms with Crippen LogP contribution in [0.3, 0.4) is 0 Å². The van der Waals surface area contributed by atoms with Gasteiger partial charge in [-0.05, 0) is 61.8 Å². The lowest BCUT2D eigenvalue weighted by Crippen LogP contribution is -2.29. The van der Waals surface area contributed by atoms with Crippen LogP contribution in [-0.4, -0.2) is 35.5 Å². The van der Waals surface area contributed by atoms with E-state index in [9.17, 15) is 4.79 Å². The predicted octanol–water partition coefficient (Wildman–Crippen LogP) is 2.81. The minimum absolute atomic E-state index is 0.101. The van der Waals surface area contributed by atoms with Gasteiger partial charge >= 0.3 is 5.69 Å². The second-order valence-corrected chi connectivity index (χ2v) is 7.68. The molecule has 2 fully saturated rings. The van der Waals surface area contributed by atoms with Gasteiger partial charge in [0.2, 0.25) is 5.88 Å². The van der Waals surface area contributed by atoms with Crippen molar-refractivity contribution in [1.82, 2.24) is 9.55 Å². The first-order chi connectivity index (χ1) is 13.3. The van der Waals surface area contributed by atoms with Crippen molar-refractivity contribution in [3.8, 4) is 22.9 Å². The van der Waals surface area contributed by atoms with Gasteiger partial charge in [-0.2, -0.15) is 4.98 Å². The first-order valence-corrected chi connectivity index (χ1v) is 9.88. The highest BCUT2D eigenvalue weighted by Gasteiger charge is 2.23. The molecule has 2 aliphatic heterocycles. The van der Waals surface area contributed by atoms with E-state index in [1.54, 1.807) is 4.57 Å². The summed E-state index contributed by atoms with van der Waals surface area (Å²) in [4.78, 5) is 16.6. The Morgan fingerprint density at radius 1 is 1.15 bits per heavy atom. The van der Waals surface area contributed by atoms with Crippen molar-refractivity contribution in [1.29, 1.82) is 0 Å². The number of ether oxygens (including phenoxy) is 3. The van der Waals surface area contributed by atoms with E-state index in [0.717, 1.165) is 55.4 Å². The summed E-state index contributed by atoms with van der Waals surface area (Å²) in [6, 6.07) is 8.03. The minimum Gasteiger partial charge on any atom is -0.493 e. The van der Waals surface area contributed by atoms with Crippen molar-refractivity contribution in [2.45, 2.75) is 44.8 Å². The number of hydrogen-bond acceptors (Lipinski definition) is 5. The van der Waals surface area contributed by atoms with E-state index in [0.29, 0.717) is 19.0 Å². The van der Waals surface area contributed by atoms with Crippen LogP contribution in [0.1, 0.15) is 31.2 Å². The maximum absolute atomic E-state index is 12.5. The lowest BCUT2D eigenvalue weighted by atomic mass is 9.97. The fourth-order valence-corrected chi connectivity index (χ4v) is 3.80. The van der Waals surface area contributed by atoms with Crippen molar-refractivity contribution in [2.75, 3.05) is 19.8 Å². The van der Waals surface area contributed by atoms with Crippen molar-refractivity contribution >= 4 is 0 Å². The smallest absolute Gasteiger partial charge is 0.351 e. The van der Waals surface area contributed by atoms with E-state index in [2.05, 4.69) is 11.1 Å². The summed E-state index contributed by atoms with van der Waals surface area (Å²) in [7, 11) is 0. The number of rotatable bonds is 6. The molecule has 0 spiro atoms. The topological polar surface area (TPSA) is 62.6 Å². The zero-order chi connectivity index (χ0) is 18.2. The van der Waals surface area contributed by atoms with Gasteiger partial charge in [-0.15, -0.1) is 0 Å². The molecule has 1 unspecified atom stereocenters. The van der Waals surface area contributed by atoms with Crippen LogP contribution >= 0.6 is 0 Å². The van der Waals surface area contributed by atoms with Crippen LogP contribution in [0.4, 0.5) is 0 Å². The molecule has 0 radical (unpaired) electrons. The zero-order valence-electron chi connectivity index (χ0n) is 15.4. The van der Waals surface area contributed by atoms with Gasteiger partial charge in [-0.1, -0.05) is 0 Å². The van der Waals surface area contributed by atoms with Gasteiger partial charge in [0.15, 0.2) is 0 Å². The lowest BCUT2D eigenvalue weighted by molar-refractivity contribution is 0.0661. The first kappa shape index (κ1) is 16.8. The van der Waals surface area contributed by atoms with Crippen LogP contribution in [0.25, 0.3) is 11.3 Å². The Morgan fingerprint density at radius 2 is 2.07 bits per heavy atom. The third-order valence-electron chi connectivity index (χ3n) is 5.57. The highest BCUT2D eigenvalue weighted by molar-refractivity contribution is 5.67. The van der Waals surface area contributed by atoms with Crippen LogP contribution in [0.5, 0.6) is 11.6 Å². The zero-order valence-corrected chi connectivity index (χ0v) is 15.4. The van der Waals surface area contributed by atoms with Gasteiger partial charge in [0.05, 0.1) is 18.4 Å². The highest BCUT2D eigenvalue weighted by atomic mass is 16.5. The molecular formula is C21H24N2O4. The van der Waals surface area contributed by atoms with Crippen LogP contribution in [0.15, 0.2) is 29.1 Å². The van der Waals surface area contributed by atoms with Gasteiger partial charge in [0, 0.05) is 24.8 Å². The average Bonchev–Trinajstić information content (AvgIpc) is 3.37. The monoisotopic (exact) mass is 368 g/mol. The van der Waals surface area contributed by atoms with E-state index in [1.165, 1.54) is 18.4 Å². The summed E-state index contributed by atoms with van der Waals surface area (Å²) in [5.74, 6) is 2.03. The summed E-state index contributed by atoms with van der Waals surface area (Å²) >= 11 is 0. The summed E-state index contributed by atoms with van der Waals surface area (Å²) < 4.78 is 19.0. The Balaban J connectivity index is 1.39. The Morgan fingerprint density at radius 3 is 2.89 bits per heavy atom. The molecule has 1 saturated heterocycles. The predicted molar refractivity (Wildman–Crippen MR) is 100 cm³/mol. The van der Waals surface area contributed by atoms with Gasteiger partial charge in [-0.25, -0.2) is 4.79 Å². The Bertz CT molecular complexity index is 898. The third-order valence-corrected chi connectivity index (χ3v) is 5.57. The number of fused-ring (bicyclic) bond motifs is 3. The molecule has 0 N–H and O–H groups in total. The third kappa shape index (κ3) is 3.58. The highest BCUT2D eigenvalue weighted by Crippen LogP contribution is 2.34. The molecule has 3 aliphatic rings. The number of hydrogen-bond donors (Lipinski definition) is 0. The maximum Gasteiger partial charge on any atom is 0.351 e. The molecule has 0 bridgehead atoms. The van der Waals surface area contributed by atoms with Gasteiger partial charge in [0.25, 0.3) is 0 Å². The molecule has 6 heteroatoms. The molecule has 27 heavy (non-hydrogen) atoms. The van der Waals surface area contributed by atoms with Gasteiger partial charge in [0.1, 0.15) is 12.4 Å². The van der Waals surface area contributed by atoms with Crippen molar-refractivity contribution in [2.24, 2.45) is 5.92 Å². The number of aromatic nitrogens is 2. The summed E-state index contributed by atoms with van der Waals surface area (Å²) in [6.07, 6.45) is 5.53. The molecule has 3 heterocycles. The molecule has 6 nitrogen and oxygen atoms in total. The molecule has 5 rings (SSSR count). The number of aryl methyl sites for hydroxylation is 1. The van der Waals surface area contributed by atoms with Crippen LogP contribution in [-0.2, 0) is 17.7 Å². The normalized spacial score (nSPS) is 20.8. The van der Waals surface area contributed by atoms with Crippen molar-refractivity contribution in [3.63, 3.8) is 0 Å². The quantitative estimate of drug-likeness (QED) is 0.785. The largest absolute Gasteiger partial charge is 0.493 e. The summed E-state index contributed by atoms with van der Waals surface area (Å²) in [5, 5.41) is 0. The molecule has 1 aromatic heterocycles.